The lowest BCUT2D eigenvalue weighted by Crippen LogP contribution is -1.92. The van der Waals surface area contributed by atoms with Gasteiger partial charge in [-0.1, -0.05) is 0 Å². The van der Waals surface area contributed by atoms with Crippen molar-refractivity contribution in [2.75, 3.05) is 7.11 Å². The van der Waals surface area contributed by atoms with Gasteiger partial charge in [-0.25, -0.2) is 4.98 Å². The molecular formula is C13H15NOS2. The van der Waals surface area contributed by atoms with Gasteiger partial charge in [-0.3, -0.25) is 0 Å². The Morgan fingerprint density at radius 3 is 2.65 bits per heavy atom. The third kappa shape index (κ3) is 2.33. The lowest BCUT2D eigenvalue weighted by atomic mass is 10.0. The molecule has 1 aromatic carbocycles. The van der Waals surface area contributed by atoms with E-state index in [1.54, 1.807) is 18.4 Å². The number of nitrogens with zero attached hydrogens (tertiary/aromatic N) is 1. The molecule has 0 aliphatic carbocycles. The number of aromatic nitrogens is 1. The zero-order valence-corrected chi connectivity index (χ0v) is 11.9. The van der Waals surface area contributed by atoms with E-state index < -0.39 is 0 Å². The first-order chi connectivity index (χ1) is 8.17. The van der Waals surface area contributed by atoms with Gasteiger partial charge in [0.05, 0.1) is 12.8 Å². The van der Waals surface area contributed by atoms with Crippen molar-refractivity contribution < 1.29 is 4.74 Å². The molecule has 1 heterocycles. The van der Waals surface area contributed by atoms with Crippen LogP contribution in [0.5, 0.6) is 5.75 Å². The summed E-state index contributed by atoms with van der Waals surface area (Å²) in [5, 5.41) is 3.11. The van der Waals surface area contributed by atoms with Crippen LogP contribution in [-0.2, 0) is 5.75 Å². The van der Waals surface area contributed by atoms with E-state index >= 15 is 0 Å². The molecule has 4 heteroatoms. The summed E-state index contributed by atoms with van der Waals surface area (Å²) in [5.74, 6) is 1.61. The Hall–Kier alpha value is -1.00. The minimum atomic E-state index is 0.685. The van der Waals surface area contributed by atoms with Gasteiger partial charge in [0.15, 0.2) is 0 Å². The maximum absolute atomic E-state index is 5.31. The normalized spacial score (nSPS) is 10.6. The molecule has 0 saturated carbocycles. The molecule has 1 aromatic heterocycles. The molecule has 2 aromatic rings. The Morgan fingerprint density at radius 1 is 1.29 bits per heavy atom. The summed E-state index contributed by atoms with van der Waals surface area (Å²) in [6, 6.07) is 4.07. The van der Waals surface area contributed by atoms with Crippen molar-refractivity contribution >= 4 is 24.0 Å². The van der Waals surface area contributed by atoms with Crippen molar-refractivity contribution in [1.29, 1.82) is 0 Å². The second kappa shape index (κ2) is 5.10. The fraction of sp³-hybridized carbons (Fsp3) is 0.308. The van der Waals surface area contributed by atoms with Gasteiger partial charge < -0.3 is 4.74 Å². The zero-order valence-electron chi connectivity index (χ0n) is 10.2. The number of methoxy groups -OCH3 is 1. The Balaban J connectivity index is 2.49. The van der Waals surface area contributed by atoms with E-state index in [4.69, 9.17) is 4.74 Å². The average Bonchev–Trinajstić information content (AvgIpc) is 2.81. The highest BCUT2D eigenvalue weighted by atomic mass is 32.1. The highest BCUT2D eigenvalue weighted by Crippen LogP contribution is 2.32. The summed E-state index contributed by atoms with van der Waals surface area (Å²) in [5.41, 5.74) is 4.61. The second-order valence-electron chi connectivity index (χ2n) is 3.87. The summed E-state index contributed by atoms with van der Waals surface area (Å²) >= 11 is 5.90. The van der Waals surface area contributed by atoms with Crippen LogP contribution in [-0.4, -0.2) is 12.1 Å². The standard InChI is InChI=1S/C13H15NOS2/c1-8-9(2)12(15-3)5-4-11(8)13-14-10(6-16)7-17-13/h4-5,7,16H,6H2,1-3H3. The van der Waals surface area contributed by atoms with Crippen LogP contribution >= 0.6 is 24.0 Å². The first kappa shape index (κ1) is 12.5. The van der Waals surface area contributed by atoms with E-state index in [-0.39, 0.29) is 0 Å². The molecule has 0 spiro atoms. The molecule has 17 heavy (non-hydrogen) atoms. The van der Waals surface area contributed by atoms with Crippen LogP contribution in [0, 0.1) is 13.8 Å². The smallest absolute Gasteiger partial charge is 0.123 e. The van der Waals surface area contributed by atoms with Gasteiger partial charge in [0.1, 0.15) is 10.8 Å². The van der Waals surface area contributed by atoms with Crippen LogP contribution in [0.3, 0.4) is 0 Å². The lowest BCUT2D eigenvalue weighted by molar-refractivity contribution is 0.411. The number of hydrogen-bond donors (Lipinski definition) is 1. The predicted molar refractivity (Wildman–Crippen MR) is 76.3 cm³/mol. The molecule has 0 amide bonds. The lowest BCUT2D eigenvalue weighted by Gasteiger charge is -2.10. The Bertz CT molecular complexity index is 534. The predicted octanol–water partition coefficient (Wildman–Crippen LogP) is 3.87. The molecule has 0 unspecified atom stereocenters. The first-order valence-electron chi connectivity index (χ1n) is 5.37. The quantitative estimate of drug-likeness (QED) is 0.851. The Morgan fingerprint density at radius 2 is 2.06 bits per heavy atom. The van der Waals surface area contributed by atoms with Crippen LogP contribution in [0.1, 0.15) is 16.8 Å². The van der Waals surface area contributed by atoms with E-state index in [0.717, 1.165) is 16.5 Å². The number of thiazole rings is 1. The van der Waals surface area contributed by atoms with Crippen LogP contribution in [0.25, 0.3) is 10.6 Å². The molecule has 0 aliphatic heterocycles. The highest BCUT2D eigenvalue weighted by Gasteiger charge is 2.11. The molecule has 0 atom stereocenters. The van der Waals surface area contributed by atoms with Crippen molar-refractivity contribution in [2.45, 2.75) is 19.6 Å². The summed E-state index contributed by atoms with van der Waals surface area (Å²) in [4.78, 5) is 4.56. The summed E-state index contributed by atoms with van der Waals surface area (Å²) in [7, 11) is 1.70. The number of thiol groups is 1. The molecule has 0 N–H and O–H groups in total. The van der Waals surface area contributed by atoms with Gasteiger partial charge in [0.2, 0.25) is 0 Å². The van der Waals surface area contributed by atoms with Gasteiger partial charge in [-0.05, 0) is 37.1 Å². The third-order valence-corrected chi connectivity index (χ3v) is 4.15. The maximum atomic E-state index is 5.31. The Labute approximate surface area is 111 Å². The molecule has 90 valence electrons. The topological polar surface area (TPSA) is 22.1 Å². The SMILES string of the molecule is COc1ccc(-c2nc(CS)cs2)c(C)c1C. The second-order valence-corrected chi connectivity index (χ2v) is 5.04. The van der Waals surface area contributed by atoms with Gasteiger partial charge in [-0.2, -0.15) is 12.6 Å². The average molecular weight is 265 g/mol. The van der Waals surface area contributed by atoms with E-state index in [9.17, 15) is 0 Å². The largest absolute Gasteiger partial charge is 0.496 e. The molecule has 0 fully saturated rings. The van der Waals surface area contributed by atoms with Crippen LogP contribution in [0.15, 0.2) is 17.5 Å². The van der Waals surface area contributed by atoms with Gasteiger partial charge in [-0.15, -0.1) is 11.3 Å². The zero-order chi connectivity index (χ0) is 12.4. The van der Waals surface area contributed by atoms with Gasteiger partial charge >= 0.3 is 0 Å². The van der Waals surface area contributed by atoms with Crippen molar-refractivity contribution in [3.05, 3.63) is 34.3 Å². The molecule has 2 nitrogen and oxygen atoms in total. The first-order valence-corrected chi connectivity index (χ1v) is 6.88. The van der Waals surface area contributed by atoms with Crippen LogP contribution in [0.2, 0.25) is 0 Å². The number of rotatable bonds is 3. The van der Waals surface area contributed by atoms with Gasteiger partial charge in [0, 0.05) is 16.7 Å². The fourth-order valence-corrected chi connectivity index (χ4v) is 2.94. The van der Waals surface area contributed by atoms with Gasteiger partial charge in [0.25, 0.3) is 0 Å². The number of ether oxygens (including phenoxy) is 1. The summed E-state index contributed by atoms with van der Waals surface area (Å²) in [6.45, 7) is 4.18. The van der Waals surface area contributed by atoms with Crippen LogP contribution < -0.4 is 4.74 Å². The van der Waals surface area contributed by atoms with E-state index in [1.165, 1.54) is 16.7 Å². The minimum absolute atomic E-state index is 0.685. The third-order valence-electron chi connectivity index (χ3n) is 2.90. The monoisotopic (exact) mass is 265 g/mol. The van der Waals surface area contributed by atoms with Crippen molar-refractivity contribution in [2.24, 2.45) is 0 Å². The Kier molecular flexibility index (Phi) is 3.74. The number of benzene rings is 1. The number of hydrogen-bond acceptors (Lipinski definition) is 4. The molecular weight excluding hydrogens is 250 g/mol. The summed E-state index contributed by atoms with van der Waals surface area (Å²) < 4.78 is 5.31. The van der Waals surface area contributed by atoms with Crippen LogP contribution in [0.4, 0.5) is 0 Å². The van der Waals surface area contributed by atoms with E-state index in [0.29, 0.717) is 5.75 Å². The molecule has 2 rings (SSSR count). The van der Waals surface area contributed by atoms with Crippen molar-refractivity contribution in [1.82, 2.24) is 4.98 Å². The molecule has 0 saturated heterocycles. The minimum Gasteiger partial charge on any atom is -0.496 e. The van der Waals surface area contributed by atoms with E-state index in [1.807, 2.05) is 6.07 Å². The highest BCUT2D eigenvalue weighted by molar-refractivity contribution is 7.79. The molecule has 0 bridgehead atoms. The van der Waals surface area contributed by atoms with Crippen molar-refractivity contribution in [3.8, 4) is 16.3 Å². The van der Waals surface area contributed by atoms with E-state index in [2.05, 4.69) is 42.9 Å². The molecule has 0 radical (unpaired) electrons. The summed E-state index contributed by atoms with van der Waals surface area (Å²) in [6.07, 6.45) is 0. The molecule has 0 aliphatic rings. The van der Waals surface area contributed by atoms with Crippen molar-refractivity contribution in [3.63, 3.8) is 0 Å². The fourth-order valence-electron chi connectivity index (χ4n) is 1.75. The maximum Gasteiger partial charge on any atom is 0.123 e.